The molecular formula is C19H17ClN4NaO6PS. The molecule has 0 aliphatic rings. The van der Waals surface area contributed by atoms with Crippen LogP contribution in [-0.4, -0.2) is 25.7 Å². The van der Waals surface area contributed by atoms with Gasteiger partial charge in [-0.25, -0.2) is 22.9 Å². The summed E-state index contributed by atoms with van der Waals surface area (Å²) in [6, 6.07) is 16.1. The van der Waals surface area contributed by atoms with Gasteiger partial charge in [0.2, 0.25) is 10.0 Å². The number of hydrogen-bond acceptors (Lipinski definition) is 7. The molecule has 0 aliphatic carbocycles. The Labute approximate surface area is 217 Å². The zero-order valence-corrected chi connectivity index (χ0v) is 21.7. The number of benzene rings is 2. The zero-order chi connectivity index (χ0) is 23.2. The quantitative estimate of drug-likeness (QED) is 0.220. The minimum absolute atomic E-state index is 0. The predicted molar refractivity (Wildman–Crippen MR) is 118 cm³/mol. The fourth-order valence-electron chi connectivity index (χ4n) is 2.42. The van der Waals surface area contributed by atoms with E-state index < -0.39 is 29.9 Å². The van der Waals surface area contributed by atoms with E-state index in [1.807, 2.05) is 4.72 Å². The number of sulfonamides is 1. The normalized spacial score (nSPS) is 12.7. The number of urea groups is 1. The van der Waals surface area contributed by atoms with Gasteiger partial charge in [-0.1, -0.05) is 35.9 Å². The summed E-state index contributed by atoms with van der Waals surface area (Å²) in [6.45, 7) is 0. The van der Waals surface area contributed by atoms with Crippen molar-refractivity contribution in [3.8, 4) is 5.75 Å². The van der Waals surface area contributed by atoms with Gasteiger partial charge in [0.25, 0.3) is 0 Å². The molecule has 0 radical (unpaired) electrons. The second-order valence-corrected chi connectivity index (χ2v) is 10.1. The minimum atomic E-state index is -4.68. The third-order valence-electron chi connectivity index (χ3n) is 3.84. The number of para-hydroxylation sites is 1. The number of carbonyl (C=O) groups is 1. The zero-order valence-electron chi connectivity index (χ0n) is 17.3. The van der Waals surface area contributed by atoms with E-state index in [2.05, 4.69) is 15.6 Å². The van der Waals surface area contributed by atoms with Crippen LogP contribution in [0.15, 0.2) is 77.8 Å². The Hall–Kier alpha value is -1.95. The fraction of sp³-hybridized carbons (Fsp3) is 0.0526. The first-order chi connectivity index (χ1) is 15.1. The van der Waals surface area contributed by atoms with Crippen LogP contribution in [0.2, 0.25) is 5.15 Å². The molecule has 168 valence electrons. The maximum Gasteiger partial charge on any atom is 1.00 e. The van der Waals surface area contributed by atoms with Gasteiger partial charge in [-0.2, -0.15) is 0 Å². The van der Waals surface area contributed by atoms with Crippen LogP contribution in [0, 0.1) is 0 Å². The molecule has 2 aromatic carbocycles. The Kier molecular flexibility index (Phi) is 9.89. The monoisotopic (exact) mass is 518 g/mol. The molecule has 0 spiro atoms. The molecule has 3 aromatic rings. The van der Waals surface area contributed by atoms with Gasteiger partial charge in [0, 0.05) is 17.6 Å². The van der Waals surface area contributed by atoms with E-state index >= 15 is 0 Å². The van der Waals surface area contributed by atoms with E-state index in [9.17, 15) is 22.7 Å². The molecule has 0 saturated carbocycles. The van der Waals surface area contributed by atoms with Crippen molar-refractivity contribution in [2.24, 2.45) is 0 Å². The molecule has 3 rings (SSSR count). The number of halogens is 1. The summed E-state index contributed by atoms with van der Waals surface area (Å²) in [5.74, 6) is -0.220. The van der Waals surface area contributed by atoms with Gasteiger partial charge in [0.1, 0.15) is 0 Å². The van der Waals surface area contributed by atoms with Gasteiger partial charge >= 0.3 is 35.6 Å². The van der Waals surface area contributed by atoms with Crippen molar-refractivity contribution in [1.82, 2.24) is 9.71 Å². The molecule has 33 heavy (non-hydrogen) atoms. The van der Waals surface area contributed by atoms with Crippen LogP contribution < -0.4 is 54.3 Å². The fourth-order valence-corrected chi connectivity index (χ4v) is 5.17. The molecule has 0 aliphatic heterocycles. The number of anilines is 2. The number of amides is 2. The van der Waals surface area contributed by atoms with E-state index in [1.54, 1.807) is 30.3 Å². The van der Waals surface area contributed by atoms with Crippen LogP contribution in [-0.2, 0) is 14.6 Å². The van der Waals surface area contributed by atoms with Crippen molar-refractivity contribution in [2.75, 3.05) is 16.9 Å². The smallest absolute Gasteiger partial charge is 0.768 e. The average molecular weight is 519 g/mol. The van der Waals surface area contributed by atoms with E-state index in [4.69, 9.17) is 16.1 Å². The topological polar surface area (TPSA) is 150 Å². The summed E-state index contributed by atoms with van der Waals surface area (Å²) < 4.78 is 44.0. The summed E-state index contributed by atoms with van der Waals surface area (Å²) in [6.07, 6.45) is 0.321. The molecule has 1 unspecified atom stereocenters. The number of pyridine rings is 1. The molecular weight excluding hydrogens is 502 g/mol. The Morgan fingerprint density at radius 3 is 2.39 bits per heavy atom. The van der Waals surface area contributed by atoms with Crippen molar-refractivity contribution in [2.45, 2.75) is 4.90 Å². The van der Waals surface area contributed by atoms with Gasteiger partial charge < -0.3 is 20.1 Å². The molecule has 14 heteroatoms. The van der Waals surface area contributed by atoms with Gasteiger partial charge in [-0.3, -0.25) is 4.57 Å². The van der Waals surface area contributed by atoms with E-state index in [1.165, 1.54) is 42.6 Å². The van der Waals surface area contributed by atoms with Crippen molar-refractivity contribution >= 4 is 46.6 Å². The van der Waals surface area contributed by atoms with Crippen LogP contribution in [0.25, 0.3) is 0 Å². The number of nitrogens with zero attached hydrogens (tertiary/aromatic N) is 1. The number of rotatable bonds is 8. The Morgan fingerprint density at radius 1 is 1.03 bits per heavy atom. The summed E-state index contributed by atoms with van der Waals surface area (Å²) in [4.78, 5) is 27.7. The van der Waals surface area contributed by atoms with Gasteiger partial charge in [-0.15, -0.1) is 0 Å². The third-order valence-corrected chi connectivity index (χ3v) is 6.76. The summed E-state index contributed by atoms with van der Waals surface area (Å²) in [5, 5.41) is 4.92. The molecule has 10 nitrogen and oxygen atoms in total. The molecule has 0 fully saturated rings. The SMILES string of the molecule is O=C(Nc1ccccc1)Nc1cccc(S(=O)(=O)NCP(=O)([O-])Oc2cccnc2Cl)c1.[Na+]. The standard InChI is InChI=1S/C19H18ClN4O6PS.Na/c20-18-17(10-5-11-21-18)30-31(26,27)13-22-32(28,29)16-9-4-8-15(12-16)24-19(25)23-14-6-2-1-3-7-14;/h1-12,22H,13H2,(H,26,27)(H2,23,24,25);/q;+1/p-1. The van der Waals surface area contributed by atoms with Crippen molar-refractivity contribution in [3.05, 3.63) is 78.1 Å². The van der Waals surface area contributed by atoms with Gasteiger partial charge in [0.05, 0.1) is 11.2 Å². The first-order valence-electron chi connectivity index (χ1n) is 8.98. The molecule has 0 saturated heterocycles. The Bertz CT molecular complexity index is 1270. The third kappa shape index (κ3) is 8.40. The Balaban J connectivity index is 0.00000385. The predicted octanol–water partition coefficient (Wildman–Crippen LogP) is 0.251. The molecule has 2 amide bonds. The van der Waals surface area contributed by atoms with E-state index in [-0.39, 0.29) is 51.0 Å². The van der Waals surface area contributed by atoms with E-state index in [0.29, 0.717) is 5.69 Å². The summed E-state index contributed by atoms with van der Waals surface area (Å²) in [7, 11) is -8.91. The van der Waals surface area contributed by atoms with Crippen LogP contribution in [0.3, 0.4) is 0 Å². The largest absolute Gasteiger partial charge is 1.00 e. The maximum absolute atomic E-state index is 12.5. The maximum atomic E-state index is 12.5. The van der Waals surface area contributed by atoms with Crippen LogP contribution >= 0.6 is 19.2 Å². The van der Waals surface area contributed by atoms with Crippen molar-refractivity contribution in [1.29, 1.82) is 0 Å². The van der Waals surface area contributed by atoms with Crippen LogP contribution in [0.5, 0.6) is 5.75 Å². The van der Waals surface area contributed by atoms with E-state index in [0.717, 1.165) is 0 Å². The first kappa shape index (κ1) is 27.3. The molecule has 3 N–H and O–H groups in total. The molecule has 1 heterocycles. The molecule has 1 aromatic heterocycles. The number of aromatic nitrogens is 1. The van der Waals surface area contributed by atoms with Crippen molar-refractivity contribution in [3.63, 3.8) is 0 Å². The second kappa shape index (κ2) is 12.0. The van der Waals surface area contributed by atoms with Crippen LogP contribution in [0.4, 0.5) is 16.2 Å². The average Bonchev–Trinajstić information content (AvgIpc) is 2.75. The first-order valence-corrected chi connectivity index (χ1v) is 12.6. The minimum Gasteiger partial charge on any atom is -0.768 e. The van der Waals surface area contributed by atoms with Gasteiger partial charge in [0.15, 0.2) is 18.5 Å². The number of hydrogen-bond donors (Lipinski definition) is 3. The van der Waals surface area contributed by atoms with Gasteiger partial charge in [-0.05, 0) is 42.5 Å². The van der Waals surface area contributed by atoms with Crippen LogP contribution in [0.1, 0.15) is 0 Å². The summed E-state index contributed by atoms with van der Waals surface area (Å²) in [5.41, 5.74) is 0.736. The summed E-state index contributed by atoms with van der Waals surface area (Å²) >= 11 is 5.75. The number of nitrogens with one attached hydrogen (secondary N) is 3. The van der Waals surface area contributed by atoms with Crippen molar-refractivity contribution < 1.29 is 56.8 Å². The Morgan fingerprint density at radius 2 is 1.70 bits per heavy atom. The molecule has 1 atom stereocenters. The molecule has 0 bridgehead atoms. The number of carbonyl (C=O) groups excluding carboxylic acids is 1. The second-order valence-electron chi connectivity index (χ2n) is 6.27.